The zero-order chi connectivity index (χ0) is 14.8. The van der Waals surface area contributed by atoms with Gasteiger partial charge in [0.15, 0.2) is 0 Å². The van der Waals surface area contributed by atoms with Crippen molar-refractivity contribution in [2.24, 2.45) is 5.92 Å². The van der Waals surface area contributed by atoms with Crippen LogP contribution in [0.5, 0.6) is 0 Å². The number of anilines is 1. The van der Waals surface area contributed by atoms with E-state index in [1.807, 2.05) is 18.2 Å². The number of nitrogens with one attached hydrogen (secondary N) is 1. The van der Waals surface area contributed by atoms with Gasteiger partial charge < -0.3 is 15.3 Å². The summed E-state index contributed by atoms with van der Waals surface area (Å²) in [7, 11) is 0. The van der Waals surface area contributed by atoms with Gasteiger partial charge in [0, 0.05) is 18.3 Å². The minimum Gasteiger partial charge on any atom is -0.481 e. The van der Waals surface area contributed by atoms with Crippen LogP contribution in [0.2, 0.25) is 0 Å². The van der Waals surface area contributed by atoms with Crippen LogP contribution in [0.1, 0.15) is 24.8 Å². The van der Waals surface area contributed by atoms with E-state index in [0.717, 1.165) is 25.1 Å². The van der Waals surface area contributed by atoms with Crippen LogP contribution in [-0.2, 0) is 16.0 Å². The third-order valence-electron chi connectivity index (χ3n) is 4.46. The second kappa shape index (κ2) is 5.76. The van der Waals surface area contributed by atoms with Crippen LogP contribution in [0.25, 0.3) is 0 Å². The van der Waals surface area contributed by atoms with Crippen molar-refractivity contribution in [1.82, 2.24) is 5.32 Å². The highest BCUT2D eigenvalue weighted by Gasteiger charge is 2.31. The van der Waals surface area contributed by atoms with Gasteiger partial charge >= 0.3 is 5.97 Å². The molecule has 1 aliphatic heterocycles. The third-order valence-corrected chi connectivity index (χ3v) is 4.46. The van der Waals surface area contributed by atoms with Crippen molar-refractivity contribution in [3.63, 3.8) is 0 Å². The number of para-hydroxylation sites is 1. The number of aliphatic carboxylic acids is 1. The first-order valence-electron chi connectivity index (χ1n) is 7.48. The number of amides is 1. The molecule has 1 aromatic rings. The molecular formula is C16H20N2O3. The molecule has 2 N–H and O–H groups in total. The molecule has 0 bridgehead atoms. The summed E-state index contributed by atoms with van der Waals surface area (Å²) >= 11 is 0. The van der Waals surface area contributed by atoms with Crippen molar-refractivity contribution in [2.45, 2.75) is 31.7 Å². The molecule has 0 unspecified atom stereocenters. The number of hydrogen-bond donors (Lipinski definition) is 2. The van der Waals surface area contributed by atoms with E-state index in [2.05, 4.69) is 16.3 Å². The fraction of sp³-hybridized carbons (Fsp3) is 0.500. The number of carboxylic acids is 1. The zero-order valence-corrected chi connectivity index (χ0v) is 11.9. The first-order valence-corrected chi connectivity index (χ1v) is 7.48. The van der Waals surface area contributed by atoms with Crippen molar-refractivity contribution in [3.8, 4) is 0 Å². The average molecular weight is 288 g/mol. The van der Waals surface area contributed by atoms with Crippen LogP contribution in [0.15, 0.2) is 24.3 Å². The summed E-state index contributed by atoms with van der Waals surface area (Å²) < 4.78 is 0. The molecule has 1 saturated carbocycles. The minimum atomic E-state index is -0.750. The summed E-state index contributed by atoms with van der Waals surface area (Å²) in [6.07, 6.45) is 2.96. The Morgan fingerprint density at radius 1 is 1.29 bits per heavy atom. The Kier molecular flexibility index (Phi) is 3.82. The van der Waals surface area contributed by atoms with Crippen LogP contribution < -0.4 is 10.2 Å². The van der Waals surface area contributed by atoms with Gasteiger partial charge in [-0.25, -0.2) is 0 Å². The number of carbonyl (C=O) groups excluding carboxylic acids is 1. The van der Waals surface area contributed by atoms with Gasteiger partial charge in [-0.2, -0.15) is 0 Å². The van der Waals surface area contributed by atoms with Crippen molar-refractivity contribution >= 4 is 17.6 Å². The molecule has 5 nitrogen and oxygen atoms in total. The van der Waals surface area contributed by atoms with E-state index in [0.29, 0.717) is 19.4 Å². The molecule has 1 fully saturated rings. The summed E-state index contributed by atoms with van der Waals surface area (Å²) in [6, 6.07) is 8.17. The first-order chi connectivity index (χ1) is 10.1. The van der Waals surface area contributed by atoms with E-state index in [4.69, 9.17) is 5.11 Å². The van der Waals surface area contributed by atoms with E-state index in [1.165, 1.54) is 5.56 Å². The highest BCUT2D eigenvalue weighted by molar-refractivity contribution is 5.82. The Balaban J connectivity index is 1.53. The standard InChI is InChI=1S/C16H20N2O3/c19-15(17-13-6-5-12(9-13)16(20)21)10-18-8-7-11-3-1-2-4-14(11)18/h1-4,12-13H,5-10H2,(H,17,19)(H,20,21)/t12-,13+/m1/s1. The van der Waals surface area contributed by atoms with Gasteiger partial charge in [0.2, 0.25) is 5.91 Å². The fourth-order valence-corrected chi connectivity index (χ4v) is 3.35. The summed E-state index contributed by atoms with van der Waals surface area (Å²) in [5.74, 6) is -1.06. The Morgan fingerprint density at radius 3 is 2.86 bits per heavy atom. The lowest BCUT2D eigenvalue weighted by Crippen LogP contribution is -2.41. The van der Waals surface area contributed by atoms with E-state index < -0.39 is 5.97 Å². The van der Waals surface area contributed by atoms with E-state index in [9.17, 15) is 9.59 Å². The first kappa shape index (κ1) is 13.9. The van der Waals surface area contributed by atoms with Gasteiger partial charge in [-0.15, -0.1) is 0 Å². The summed E-state index contributed by atoms with van der Waals surface area (Å²) in [5.41, 5.74) is 2.43. The van der Waals surface area contributed by atoms with Crippen molar-refractivity contribution in [1.29, 1.82) is 0 Å². The Hall–Kier alpha value is -2.04. The predicted molar refractivity (Wildman–Crippen MR) is 79.3 cm³/mol. The molecule has 0 radical (unpaired) electrons. The topological polar surface area (TPSA) is 69.6 Å². The zero-order valence-electron chi connectivity index (χ0n) is 11.9. The number of nitrogens with zero attached hydrogens (tertiary/aromatic N) is 1. The average Bonchev–Trinajstić information content (AvgIpc) is 3.07. The predicted octanol–water partition coefficient (Wildman–Crippen LogP) is 1.42. The smallest absolute Gasteiger partial charge is 0.306 e. The van der Waals surface area contributed by atoms with E-state index in [1.54, 1.807) is 0 Å². The highest BCUT2D eigenvalue weighted by atomic mass is 16.4. The molecule has 112 valence electrons. The number of hydrogen-bond acceptors (Lipinski definition) is 3. The maximum atomic E-state index is 12.1. The summed E-state index contributed by atoms with van der Waals surface area (Å²) in [5, 5.41) is 12.0. The van der Waals surface area contributed by atoms with Gasteiger partial charge in [-0.3, -0.25) is 9.59 Å². The SMILES string of the molecule is O=C(CN1CCc2ccccc21)N[C@H]1CC[C@@H](C(=O)O)C1. The van der Waals surface area contributed by atoms with Crippen LogP contribution >= 0.6 is 0 Å². The van der Waals surface area contributed by atoms with Crippen molar-refractivity contribution in [3.05, 3.63) is 29.8 Å². The molecule has 1 amide bonds. The number of rotatable bonds is 4. The van der Waals surface area contributed by atoms with Crippen molar-refractivity contribution in [2.75, 3.05) is 18.0 Å². The van der Waals surface area contributed by atoms with Crippen LogP contribution in [-0.4, -0.2) is 36.1 Å². The van der Waals surface area contributed by atoms with Crippen molar-refractivity contribution < 1.29 is 14.7 Å². The van der Waals surface area contributed by atoms with Crippen LogP contribution in [0.3, 0.4) is 0 Å². The molecule has 0 aromatic heterocycles. The molecule has 21 heavy (non-hydrogen) atoms. The molecular weight excluding hydrogens is 268 g/mol. The summed E-state index contributed by atoms with van der Waals surface area (Å²) in [6.45, 7) is 1.22. The minimum absolute atomic E-state index is 0.0106. The highest BCUT2D eigenvalue weighted by Crippen LogP contribution is 2.28. The maximum Gasteiger partial charge on any atom is 0.306 e. The maximum absolute atomic E-state index is 12.1. The fourth-order valence-electron chi connectivity index (χ4n) is 3.35. The Bertz CT molecular complexity index is 558. The molecule has 3 rings (SSSR count). The summed E-state index contributed by atoms with van der Waals surface area (Å²) in [4.78, 5) is 25.2. The number of carbonyl (C=O) groups is 2. The molecule has 1 heterocycles. The molecule has 2 aliphatic rings. The second-order valence-electron chi connectivity index (χ2n) is 5.91. The van der Waals surface area contributed by atoms with Crippen LogP contribution in [0, 0.1) is 5.92 Å². The van der Waals surface area contributed by atoms with Gasteiger partial charge in [0.05, 0.1) is 12.5 Å². The lowest BCUT2D eigenvalue weighted by molar-refractivity contribution is -0.141. The normalized spacial score (nSPS) is 23.9. The monoisotopic (exact) mass is 288 g/mol. The van der Waals surface area contributed by atoms with Gasteiger partial charge in [-0.1, -0.05) is 18.2 Å². The Morgan fingerprint density at radius 2 is 2.10 bits per heavy atom. The van der Waals surface area contributed by atoms with E-state index in [-0.39, 0.29) is 17.9 Å². The second-order valence-corrected chi connectivity index (χ2v) is 5.91. The Labute approximate surface area is 123 Å². The van der Waals surface area contributed by atoms with Crippen LogP contribution in [0.4, 0.5) is 5.69 Å². The molecule has 2 atom stereocenters. The van der Waals surface area contributed by atoms with Gasteiger partial charge in [0.1, 0.15) is 0 Å². The molecule has 1 aromatic carbocycles. The van der Waals surface area contributed by atoms with E-state index >= 15 is 0 Å². The van der Waals surface area contributed by atoms with Gasteiger partial charge in [0.25, 0.3) is 0 Å². The number of fused-ring (bicyclic) bond motifs is 1. The number of carboxylic acid groups (broad SMARTS) is 1. The quantitative estimate of drug-likeness (QED) is 0.879. The number of benzene rings is 1. The largest absolute Gasteiger partial charge is 0.481 e. The molecule has 5 heteroatoms. The molecule has 0 saturated heterocycles. The lowest BCUT2D eigenvalue weighted by Gasteiger charge is -2.20. The molecule has 0 spiro atoms. The lowest BCUT2D eigenvalue weighted by atomic mass is 10.1. The third kappa shape index (κ3) is 3.01. The van der Waals surface area contributed by atoms with Gasteiger partial charge in [-0.05, 0) is 37.3 Å². The molecule has 1 aliphatic carbocycles.